The molecule has 3 rings (SSSR count). The second kappa shape index (κ2) is 5.32. The minimum absolute atomic E-state index is 0.296. The Labute approximate surface area is 127 Å². The lowest BCUT2D eigenvalue weighted by Gasteiger charge is -2.36. The van der Waals surface area contributed by atoms with E-state index in [1.54, 1.807) is 0 Å². The monoisotopic (exact) mass is 280 g/mol. The summed E-state index contributed by atoms with van der Waals surface area (Å²) in [5.41, 5.74) is 1.64. The molecule has 1 heterocycles. The average Bonchev–Trinajstić information content (AvgIpc) is 2.71. The largest absolute Gasteiger partial charge is 0.494 e. The van der Waals surface area contributed by atoms with E-state index in [-0.39, 0.29) is 18.3 Å². The molecular formula is C18H21BO2. The third-order valence-electron chi connectivity index (χ3n) is 4.50. The minimum atomic E-state index is -0.352. The zero-order valence-electron chi connectivity index (χ0n) is 12.9. The fourth-order valence-electron chi connectivity index (χ4n) is 2.78. The van der Waals surface area contributed by atoms with Gasteiger partial charge in [0.15, 0.2) is 0 Å². The van der Waals surface area contributed by atoms with Crippen molar-refractivity contribution < 1.29 is 9.31 Å². The van der Waals surface area contributed by atoms with Crippen molar-refractivity contribution in [2.75, 3.05) is 0 Å². The highest BCUT2D eigenvalue weighted by Crippen LogP contribution is 2.39. The molecule has 21 heavy (non-hydrogen) atoms. The van der Waals surface area contributed by atoms with Crippen molar-refractivity contribution in [3.8, 4) is 0 Å². The van der Waals surface area contributed by atoms with Crippen LogP contribution < -0.4 is 5.46 Å². The predicted molar refractivity (Wildman–Crippen MR) is 86.6 cm³/mol. The number of benzene rings is 2. The molecule has 0 saturated carbocycles. The summed E-state index contributed by atoms with van der Waals surface area (Å²) in [7, 11) is -0.296. The Kier molecular flexibility index (Phi) is 3.64. The summed E-state index contributed by atoms with van der Waals surface area (Å²) >= 11 is 0. The van der Waals surface area contributed by atoms with Crippen molar-refractivity contribution in [1.29, 1.82) is 0 Å². The molecule has 1 aliphatic rings. The zero-order valence-corrected chi connectivity index (χ0v) is 12.9. The number of rotatable bonds is 3. The maximum Gasteiger partial charge on any atom is 0.494 e. The van der Waals surface area contributed by atoms with Crippen LogP contribution in [0.2, 0.25) is 0 Å². The standard InChI is InChI=1S/C18H21BO2/c1-17(2)18(3,14-15-10-6-4-7-11-15)21-19(20-17)16-12-8-5-9-13-16/h4-13H,14H2,1-3H3. The van der Waals surface area contributed by atoms with Crippen molar-refractivity contribution >= 4 is 12.6 Å². The Hall–Kier alpha value is -1.58. The average molecular weight is 280 g/mol. The van der Waals surface area contributed by atoms with Gasteiger partial charge in [0.2, 0.25) is 0 Å². The van der Waals surface area contributed by atoms with Gasteiger partial charge in [-0.2, -0.15) is 0 Å². The van der Waals surface area contributed by atoms with Crippen molar-refractivity contribution in [3.05, 3.63) is 66.2 Å². The van der Waals surface area contributed by atoms with Gasteiger partial charge in [-0.25, -0.2) is 0 Å². The van der Waals surface area contributed by atoms with Crippen molar-refractivity contribution in [2.45, 2.75) is 38.4 Å². The maximum atomic E-state index is 6.33. The van der Waals surface area contributed by atoms with Crippen LogP contribution in [0.3, 0.4) is 0 Å². The quantitative estimate of drug-likeness (QED) is 0.804. The molecule has 0 aromatic heterocycles. The van der Waals surface area contributed by atoms with Crippen LogP contribution in [-0.2, 0) is 15.7 Å². The Morgan fingerprint density at radius 2 is 1.38 bits per heavy atom. The van der Waals surface area contributed by atoms with E-state index >= 15 is 0 Å². The SMILES string of the molecule is CC1(C)OB(c2ccccc2)OC1(C)Cc1ccccc1. The van der Waals surface area contributed by atoms with Gasteiger partial charge in [-0.05, 0) is 31.8 Å². The van der Waals surface area contributed by atoms with E-state index in [2.05, 4.69) is 57.2 Å². The van der Waals surface area contributed by atoms with Crippen LogP contribution in [0, 0.1) is 0 Å². The molecule has 1 saturated heterocycles. The summed E-state index contributed by atoms with van der Waals surface area (Å²) < 4.78 is 12.5. The molecule has 1 aliphatic heterocycles. The van der Waals surface area contributed by atoms with Crippen LogP contribution in [0.1, 0.15) is 26.3 Å². The molecule has 0 N–H and O–H groups in total. The lowest BCUT2D eigenvalue weighted by atomic mass is 9.79. The fraction of sp³-hybridized carbons (Fsp3) is 0.333. The van der Waals surface area contributed by atoms with E-state index in [0.717, 1.165) is 11.9 Å². The number of hydrogen-bond acceptors (Lipinski definition) is 2. The first kappa shape index (κ1) is 14.4. The first-order valence-corrected chi connectivity index (χ1v) is 7.45. The Morgan fingerprint density at radius 1 is 0.810 bits per heavy atom. The Morgan fingerprint density at radius 3 is 2.00 bits per heavy atom. The third-order valence-corrected chi connectivity index (χ3v) is 4.50. The van der Waals surface area contributed by atoms with Crippen molar-refractivity contribution in [2.24, 2.45) is 0 Å². The lowest BCUT2D eigenvalue weighted by molar-refractivity contribution is -0.00877. The molecule has 1 atom stereocenters. The molecular weight excluding hydrogens is 259 g/mol. The first-order chi connectivity index (χ1) is 10.0. The molecule has 2 nitrogen and oxygen atoms in total. The van der Waals surface area contributed by atoms with Gasteiger partial charge < -0.3 is 9.31 Å². The molecule has 0 bridgehead atoms. The molecule has 2 aromatic carbocycles. The van der Waals surface area contributed by atoms with Gasteiger partial charge in [0.25, 0.3) is 0 Å². The van der Waals surface area contributed by atoms with Crippen LogP contribution in [-0.4, -0.2) is 18.3 Å². The molecule has 108 valence electrons. The lowest BCUT2D eigenvalue weighted by Crippen LogP contribution is -2.46. The highest BCUT2D eigenvalue weighted by atomic mass is 16.7. The summed E-state index contributed by atoms with van der Waals surface area (Å²) in [6.07, 6.45) is 0.837. The predicted octanol–water partition coefficient (Wildman–Crippen LogP) is 3.21. The second-order valence-electron chi connectivity index (χ2n) is 6.38. The summed E-state index contributed by atoms with van der Waals surface area (Å²) in [5, 5.41) is 0. The highest BCUT2D eigenvalue weighted by Gasteiger charge is 2.54. The van der Waals surface area contributed by atoms with E-state index in [1.165, 1.54) is 5.56 Å². The molecule has 0 spiro atoms. The van der Waals surface area contributed by atoms with Crippen molar-refractivity contribution in [1.82, 2.24) is 0 Å². The molecule has 3 heteroatoms. The Bertz CT molecular complexity index is 597. The van der Waals surface area contributed by atoms with E-state index in [0.29, 0.717) is 0 Å². The summed E-state index contributed by atoms with van der Waals surface area (Å²) in [5.74, 6) is 0. The molecule has 1 fully saturated rings. The van der Waals surface area contributed by atoms with Gasteiger partial charge in [0.1, 0.15) is 0 Å². The molecule has 0 radical (unpaired) electrons. The Balaban J connectivity index is 1.85. The number of hydrogen-bond donors (Lipinski definition) is 0. The van der Waals surface area contributed by atoms with Crippen LogP contribution in [0.5, 0.6) is 0 Å². The summed E-state index contributed by atoms with van der Waals surface area (Å²) in [6, 6.07) is 20.6. The van der Waals surface area contributed by atoms with Crippen LogP contribution >= 0.6 is 0 Å². The maximum absolute atomic E-state index is 6.33. The zero-order chi connectivity index (χ0) is 14.9. The van der Waals surface area contributed by atoms with Gasteiger partial charge in [-0.1, -0.05) is 60.7 Å². The molecule has 1 unspecified atom stereocenters. The second-order valence-corrected chi connectivity index (χ2v) is 6.38. The normalized spacial score (nSPS) is 24.2. The van der Waals surface area contributed by atoms with Gasteiger partial charge in [-0.3, -0.25) is 0 Å². The summed E-state index contributed by atoms with van der Waals surface area (Å²) in [4.78, 5) is 0. The van der Waals surface area contributed by atoms with Gasteiger partial charge in [0.05, 0.1) is 11.2 Å². The van der Waals surface area contributed by atoms with E-state index < -0.39 is 0 Å². The minimum Gasteiger partial charge on any atom is -0.399 e. The van der Waals surface area contributed by atoms with Crippen LogP contribution in [0.15, 0.2) is 60.7 Å². The van der Waals surface area contributed by atoms with Crippen molar-refractivity contribution in [3.63, 3.8) is 0 Å². The van der Waals surface area contributed by atoms with Gasteiger partial charge in [0, 0.05) is 6.42 Å². The van der Waals surface area contributed by atoms with Crippen LogP contribution in [0.4, 0.5) is 0 Å². The molecule has 0 aliphatic carbocycles. The van der Waals surface area contributed by atoms with Gasteiger partial charge in [-0.15, -0.1) is 0 Å². The van der Waals surface area contributed by atoms with Gasteiger partial charge >= 0.3 is 7.12 Å². The highest BCUT2D eigenvalue weighted by molar-refractivity contribution is 6.62. The third kappa shape index (κ3) is 2.76. The first-order valence-electron chi connectivity index (χ1n) is 7.45. The smallest absolute Gasteiger partial charge is 0.399 e. The van der Waals surface area contributed by atoms with E-state index in [9.17, 15) is 0 Å². The molecule has 0 amide bonds. The molecule has 2 aromatic rings. The van der Waals surface area contributed by atoms with E-state index in [4.69, 9.17) is 9.31 Å². The topological polar surface area (TPSA) is 18.5 Å². The summed E-state index contributed by atoms with van der Waals surface area (Å²) in [6.45, 7) is 6.36. The van der Waals surface area contributed by atoms with E-state index in [1.807, 2.05) is 24.3 Å². The van der Waals surface area contributed by atoms with Crippen LogP contribution in [0.25, 0.3) is 0 Å². The fourth-order valence-corrected chi connectivity index (χ4v) is 2.78.